The zero-order valence-electron chi connectivity index (χ0n) is 21.0. The monoisotopic (exact) mass is 467 g/mol. The van der Waals surface area contributed by atoms with Gasteiger partial charge in [-0.15, -0.1) is 0 Å². The van der Waals surface area contributed by atoms with Crippen LogP contribution in [0, 0.1) is 10.8 Å². The average molecular weight is 468 g/mol. The lowest BCUT2D eigenvalue weighted by molar-refractivity contribution is -0.120. The van der Waals surface area contributed by atoms with E-state index in [2.05, 4.69) is 27.7 Å². The van der Waals surface area contributed by atoms with Crippen LogP contribution in [0.3, 0.4) is 0 Å². The second-order valence-electron chi connectivity index (χ2n) is 11.3. The molecule has 0 radical (unpaired) electrons. The molecule has 1 heterocycles. The van der Waals surface area contributed by atoms with Crippen molar-refractivity contribution < 1.29 is 28.6 Å². The molecule has 1 amide bonds. The Hall–Kier alpha value is -3.09. The number of Topliss-reactive ketones (excluding diaryl/α,β-unsaturated/α-hetero) is 2. The summed E-state index contributed by atoms with van der Waals surface area (Å²) in [6, 6.07) is 5.24. The van der Waals surface area contributed by atoms with Crippen LogP contribution in [0.1, 0.15) is 64.9 Å². The van der Waals surface area contributed by atoms with Crippen LogP contribution in [-0.2, 0) is 14.3 Å². The molecule has 0 saturated heterocycles. The second kappa shape index (κ2) is 8.29. The molecule has 34 heavy (non-hydrogen) atoms. The van der Waals surface area contributed by atoms with Gasteiger partial charge in [0.2, 0.25) is 0 Å². The average Bonchev–Trinajstić information content (AvgIpc) is 2.70. The maximum atomic E-state index is 13.4. The molecule has 0 bridgehead atoms. The fourth-order valence-electron chi connectivity index (χ4n) is 5.15. The predicted octanol–water partition coefficient (Wildman–Crippen LogP) is 5.16. The van der Waals surface area contributed by atoms with Crippen molar-refractivity contribution in [2.75, 3.05) is 21.2 Å². The zero-order valence-corrected chi connectivity index (χ0v) is 21.0. The minimum atomic E-state index is -0.561. The Bertz CT molecular complexity index is 1090. The van der Waals surface area contributed by atoms with Gasteiger partial charge in [-0.2, -0.15) is 0 Å². The lowest BCUT2D eigenvalue weighted by atomic mass is 9.65. The highest BCUT2D eigenvalue weighted by Gasteiger charge is 2.48. The summed E-state index contributed by atoms with van der Waals surface area (Å²) in [7, 11) is 4.68. The lowest BCUT2D eigenvalue weighted by Crippen LogP contribution is -2.37. The number of ketones is 2. The second-order valence-corrected chi connectivity index (χ2v) is 11.3. The third-order valence-electron chi connectivity index (χ3n) is 6.67. The number of hydrogen-bond acceptors (Lipinski definition) is 6. The molecule has 0 fully saturated rings. The highest BCUT2D eigenvalue weighted by Crippen LogP contribution is 2.53. The van der Waals surface area contributed by atoms with E-state index in [1.54, 1.807) is 26.2 Å². The van der Waals surface area contributed by atoms with Crippen molar-refractivity contribution in [3.8, 4) is 11.5 Å². The lowest BCUT2D eigenvalue weighted by Gasteiger charge is -2.42. The normalized spacial score (nSPS) is 21.5. The van der Waals surface area contributed by atoms with Crippen molar-refractivity contribution in [1.82, 2.24) is 4.90 Å². The fourth-order valence-corrected chi connectivity index (χ4v) is 5.15. The van der Waals surface area contributed by atoms with Gasteiger partial charge in [-0.05, 0) is 28.5 Å². The van der Waals surface area contributed by atoms with E-state index in [1.165, 1.54) is 12.0 Å². The van der Waals surface area contributed by atoms with Gasteiger partial charge in [0.25, 0.3) is 0 Å². The molecule has 3 aliphatic rings. The number of carbonyl (C=O) groups is 3. The maximum Gasteiger partial charge on any atom is 0.414 e. The first-order valence-electron chi connectivity index (χ1n) is 11.6. The topological polar surface area (TPSA) is 82.1 Å². The number of hydrogen-bond donors (Lipinski definition) is 0. The van der Waals surface area contributed by atoms with Crippen LogP contribution in [0.5, 0.6) is 11.5 Å². The van der Waals surface area contributed by atoms with E-state index in [0.717, 1.165) is 0 Å². The Balaban J connectivity index is 1.89. The summed E-state index contributed by atoms with van der Waals surface area (Å²) >= 11 is 0. The number of carbonyl (C=O) groups excluding carboxylic acids is 3. The van der Waals surface area contributed by atoms with Crippen LogP contribution < -0.4 is 9.47 Å². The largest absolute Gasteiger partial charge is 0.493 e. The molecule has 0 N–H and O–H groups in total. The van der Waals surface area contributed by atoms with Gasteiger partial charge < -0.3 is 19.1 Å². The summed E-state index contributed by atoms with van der Waals surface area (Å²) in [5.41, 5.74) is 1.34. The molecular formula is C27H33NO6. The highest BCUT2D eigenvalue weighted by molar-refractivity contribution is 6.06. The Morgan fingerprint density at radius 2 is 1.44 bits per heavy atom. The van der Waals surface area contributed by atoms with Gasteiger partial charge in [0.1, 0.15) is 11.5 Å². The van der Waals surface area contributed by atoms with Crippen molar-refractivity contribution in [2.24, 2.45) is 10.8 Å². The molecule has 1 aromatic rings. The number of benzene rings is 1. The van der Waals surface area contributed by atoms with Crippen molar-refractivity contribution in [1.29, 1.82) is 0 Å². The molecular weight excluding hydrogens is 434 g/mol. The summed E-state index contributed by atoms with van der Waals surface area (Å²) in [5, 5.41) is 0. The molecule has 1 aliphatic heterocycles. The summed E-state index contributed by atoms with van der Waals surface area (Å²) in [6.07, 6.45) is 1.45. The highest BCUT2D eigenvalue weighted by atomic mass is 16.6. The van der Waals surface area contributed by atoms with Gasteiger partial charge >= 0.3 is 6.09 Å². The molecule has 0 spiro atoms. The van der Waals surface area contributed by atoms with E-state index in [4.69, 9.17) is 14.2 Å². The van der Waals surface area contributed by atoms with Crippen LogP contribution in [-0.4, -0.2) is 43.8 Å². The molecule has 2 aliphatic carbocycles. The van der Waals surface area contributed by atoms with Gasteiger partial charge in [0.05, 0.1) is 7.11 Å². The van der Waals surface area contributed by atoms with Gasteiger partial charge in [-0.1, -0.05) is 33.8 Å². The van der Waals surface area contributed by atoms with E-state index < -0.39 is 12.0 Å². The predicted molar refractivity (Wildman–Crippen MR) is 127 cm³/mol. The van der Waals surface area contributed by atoms with Crippen LogP contribution in [0.4, 0.5) is 4.79 Å². The molecule has 1 aromatic carbocycles. The molecule has 0 unspecified atom stereocenters. The van der Waals surface area contributed by atoms with Gasteiger partial charge in [0, 0.05) is 56.8 Å². The molecule has 0 aromatic heterocycles. The molecule has 0 atom stereocenters. The van der Waals surface area contributed by atoms with Crippen LogP contribution in [0.15, 0.2) is 40.9 Å². The molecule has 4 rings (SSSR count). The molecule has 7 heteroatoms. The van der Waals surface area contributed by atoms with Gasteiger partial charge in [-0.3, -0.25) is 9.59 Å². The van der Waals surface area contributed by atoms with E-state index in [0.29, 0.717) is 59.7 Å². The molecule has 182 valence electrons. The zero-order chi connectivity index (χ0) is 25.0. The van der Waals surface area contributed by atoms with Crippen molar-refractivity contribution in [3.63, 3.8) is 0 Å². The number of rotatable bonds is 3. The van der Waals surface area contributed by atoms with Gasteiger partial charge in [0.15, 0.2) is 23.1 Å². The Morgan fingerprint density at radius 3 is 1.91 bits per heavy atom. The van der Waals surface area contributed by atoms with Crippen molar-refractivity contribution >= 4 is 17.7 Å². The quantitative estimate of drug-likeness (QED) is 0.611. The van der Waals surface area contributed by atoms with E-state index in [-0.39, 0.29) is 28.1 Å². The van der Waals surface area contributed by atoms with Crippen molar-refractivity contribution in [2.45, 2.75) is 59.3 Å². The number of nitrogens with zero attached hydrogens (tertiary/aromatic N) is 1. The number of methoxy groups -OCH3 is 1. The minimum absolute atomic E-state index is 0.0110. The van der Waals surface area contributed by atoms with Crippen LogP contribution in [0.2, 0.25) is 0 Å². The first-order chi connectivity index (χ1) is 15.8. The Kier molecular flexibility index (Phi) is 5.86. The smallest absolute Gasteiger partial charge is 0.414 e. The fraction of sp³-hybridized carbons (Fsp3) is 0.519. The first kappa shape index (κ1) is 24.0. The summed E-state index contributed by atoms with van der Waals surface area (Å²) < 4.78 is 17.3. The van der Waals surface area contributed by atoms with Crippen LogP contribution >= 0.6 is 0 Å². The third kappa shape index (κ3) is 4.36. The van der Waals surface area contributed by atoms with Gasteiger partial charge in [-0.25, -0.2) is 4.79 Å². The number of allylic oxidation sites excluding steroid dienone is 4. The molecule has 7 nitrogen and oxygen atoms in total. The minimum Gasteiger partial charge on any atom is -0.493 e. The maximum absolute atomic E-state index is 13.4. The van der Waals surface area contributed by atoms with Crippen LogP contribution in [0.25, 0.3) is 0 Å². The number of amides is 1. The standard InChI is InChI=1S/C27H33NO6/c1-26(2)11-16(29)23-20(13-26)33-21-14-27(3,4)12-17(30)24(21)22(23)15-8-9-18(32-7)19(10-15)34-25(31)28(5)6/h8-10,22H,11-14H2,1-7H3. The summed E-state index contributed by atoms with van der Waals surface area (Å²) in [4.78, 5) is 40.4. The summed E-state index contributed by atoms with van der Waals surface area (Å²) in [6.45, 7) is 8.22. The summed E-state index contributed by atoms with van der Waals surface area (Å²) in [5.74, 6) is 1.35. The van der Waals surface area contributed by atoms with E-state index in [9.17, 15) is 14.4 Å². The first-order valence-corrected chi connectivity index (χ1v) is 11.6. The van der Waals surface area contributed by atoms with E-state index >= 15 is 0 Å². The molecule has 0 saturated carbocycles. The third-order valence-corrected chi connectivity index (χ3v) is 6.67. The SMILES string of the molecule is COc1ccc(C2C3=C(CC(C)(C)CC3=O)OC3=C2C(=O)CC(C)(C)C3)cc1OC(=O)N(C)C. The Morgan fingerprint density at radius 1 is 0.912 bits per heavy atom. The number of ether oxygens (including phenoxy) is 3. The Labute approximate surface area is 200 Å². The van der Waals surface area contributed by atoms with Crippen molar-refractivity contribution in [3.05, 3.63) is 46.4 Å². The van der Waals surface area contributed by atoms with E-state index in [1.807, 2.05) is 6.07 Å².